The number of fused-ring (bicyclic) bond motifs is 2. The first-order chi connectivity index (χ1) is 16.0. The maximum atomic E-state index is 12.3. The van der Waals surface area contributed by atoms with Gasteiger partial charge in [-0.2, -0.15) is 18.3 Å². The summed E-state index contributed by atoms with van der Waals surface area (Å²) in [6, 6.07) is 4.23. The summed E-state index contributed by atoms with van der Waals surface area (Å²) >= 11 is 0. The number of unbranched alkanes of at least 4 members (excludes halogenated alkanes) is 1. The first-order valence-electron chi connectivity index (χ1n) is 10.9. The van der Waals surface area contributed by atoms with Gasteiger partial charge in [0.1, 0.15) is 5.69 Å². The van der Waals surface area contributed by atoms with Crippen LogP contribution in [0.15, 0.2) is 12.1 Å². The van der Waals surface area contributed by atoms with E-state index in [2.05, 4.69) is 53.4 Å². The van der Waals surface area contributed by atoms with Crippen molar-refractivity contribution in [3.05, 3.63) is 34.5 Å². The highest BCUT2D eigenvalue weighted by molar-refractivity contribution is 5.81. The van der Waals surface area contributed by atoms with Crippen molar-refractivity contribution < 1.29 is 27.9 Å². The number of imidazole rings is 1. The maximum absolute atomic E-state index is 12.3. The lowest BCUT2D eigenvalue weighted by molar-refractivity contribution is -0.192. The molecule has 0 spiro atoms. The van der Waals surface area contributed by atoms with Crippen molar-refractivity contribution in [3.8, 4) is 11.5 Å². The third-order valence-electron chi connectivity index (χ3n) is 5.59. The maximum Gasteiger partial charge on any atom is 0.490 e. The minimum absolute atomic E-state index is 0.0000579. The molecule has 0 unspecified atom stereocenters. The first-order valence-corrected chi connectivity index (χ1v) is 10.9. The number of hydrogen-bond acceptors (Lipinski definition) is 4. The number of hydrogen-bond donors (Lipinski definition) is 4. The molecular weight excluding hydrogens is 453 g/mol. The van der Waals surface area contributed by atoms with E-state index in [1.165, 1.54) is 11.1 Å². The number of urea groups is 1. The Morgan fingerprint density at radius 2 is 1.91 bits per heavy atom. The molecule has 3 aromatic rings. The Morgan fingerprint density at radius 1 is 1.24 bits per heavy atom. The molecule has 0 bridgehead atoms. The van der Waals surface area contributed by atoms with Gasteiger partial charge in [0.15, 0.2) is 5.82 Å². The number of halogens is 3. The molecule has 184 valence electrons. The molecule has 0 fully saturated rings. The monoisotopic (exact) mass is 480 g/mol. The van der Waals surface area contributed by atoms with Crippen molar-refractivity contribution >= 4 is 23.0 Å². The lowest BCUT2D eigenvalue weighted by atomic mass is 10.0. The Labute approximate surface area is 193 Å². The number of nitrogens with zero attached hydrogens (tertiary/aromatic N) is 3. The molecule has 0 atom stereocenters. The molecule has 0 aliphatic carbocycles. The predicted molar refractivity (Wildman–Crippen MR) is 119 cm³/mol. The summed E-state index contributed by atoms with van der Waals surface area (Å²) in [5, 5.41) is 17.7. The van der Waals surface area contributed by atoms with Crippen LogP contribution in [0.3, 0.4) is 0 Å². The molecule has 1 aliphatic rings. The molecule has 34 heavy (non-hydrogen) atoms. The molecule has 2 amide bonds. The molecule has 12 heteroatoms. The largest absolute Gasteiger partial charge is 0.490 e. The zero-order chi connectivity index (χ0) is 25.0. The van der Waals surface area contributed by atoms with Crippen LogP contribution in [-0.2, 0) is 17.8 Å². The van der Waals surface area contributed by atoms with Crippen molar-refractivity contribution in [2.24, 2.45) is 0 Å². The topological polar surface area (TPSA) is 127 Å². The van der Waals surface area contributed by atoms with Crippen molar-refractivity contribution in [2.75, 3.05) is 13.1 Å². The quantitative estimate of drug-likeness (QED) is 0.419. The van der Waals surface area contributed by atoms with E-state index < -0.39 is 12.1 Å². The molecule has 3 heterocycles. The van der Waals surface area contributed by atoms with Crippen LogP contribution in [0.25, 0.3) is 22.6 Å². The molecule has 4 N–H and O–H groups in total. The van der Waals surface area contributed by atoms with Crippen LogP contribution in [-0.4, -0.2) is 61.4 Å². The molecule has 9 nitrogen and oxygen atoms in total. The number of carboxylic acids is 1. The Morgan fingerprint density at radius 3 is 2.56 bits per heavy atom. The summed E-state index contributed by atoms with van der Waals surface area (Å²) in [6.45, 7) is 8.29. The van der Waals surface area contributed by atoms with E-state index in [1.54, 1.807) is 0 Å². The Kier molecular flexibility index (Phi) is 7.48. The number of nitrogens with one attached hydrogen (secondary N) is 3. The van der Waals surface area contributed by atoms with Gasteiger partial charge >= 0.3 is 18.2 Å². The van der Waals surface area contributed by atoms with Gasteiger partial charge < -0.3 is 20.3 Å². The molecule has 1 aromatic carbocycles. The number of carbonyl (C=O) groups is 2. The average molecular weight is 480 g/mol. The van der Waals surface area contributed by atoms with Gasteiger partial charge in [-0.25, -0.2) is 14.6 Å². The third-order valence-corrected chi connectivity index (χ3v) is 5.59. The summed E-state index contributed by atoms with van der Waals surface area (Å²) in [4.78, 5) is 31.2. The molecule has 4 rings (SSSR count). The second kappa shape index (κ2) is 10.1. The number of alkyl halides is 3. The summed E-state index contributed by atoms with van der Waals surface area (Å²) in [7, 11) is 0. The number of rotatable bonds is 4. The van der Waals surface area contributed by atoms with E-state index in [9.17, 15) is 18.0 Å². The number of carboxylic acid groups (broad SMARTS) is 1. The fraction of sp³-hybridized carbons (Fsp3) is 0.455. The zero-order valence-corrected chi connectivity index (χ0v) is 19.1. The van der Waals surface area contributed by atoms with Crippen LogP contribution >= 0.6 is 0 Å². The van der Waals surface area contributed by atoms with E-state index >= 15 is 0 Å². The lowest BCUT2D eigenvalue weighted by Crippen LogP contribution is -2.43. The number of aromatic amines is 2. The van der Waals surface area contributed by atoms with Crippen LogP contribution in [0.1, 0.15) is 42.1 Å². The number of H-pyrrole nitrogens is 2. The fourth-order valence-corrected chi connectivity index (χ4v) is 3.55. The van der Waals surface area contributed by atoms with Gasteiger partial charge in [-0.1, -0.05) is 13.3 Å². The second-order valence-corrected chi connectivity index (χ2v) is 8.13. The Balaban J connectivity index is 0.000000406. The van der Waals surface area contributed by atoms with Crippen LogP contribution in [0.2, 0.25) is 0 Å². The fourth-order valence-electron chi connectivity index (χ4n) is 3.55. The average Bonchev–Trinajstić information content (AvgIpc) is 3.37. The molecule has 2 aromatic heterocycles. The van der Waals surface area contributed by atoms with Crippen molar-refractivity contribution in [2.45, 2.75) is 52.8 Å². The molecule has 1 aliphatic heterocycles. The van der Waals surface area contributed by atoms with Gasteiger partial charge in [0.05, 0.1) is 23.3 Å². The number of carbonyl (C=O) groups excluding carboxylic acids is 1. The second-order valence-electron chi connectivity index (χ2n) is 8.13. The highest BCUT2D eigenvalue weighted by Crippen LogP contribution is 2.28. The first kappa shape index (κ1) is 25.1. The predicted octanol–water partition coefficient (Wildman–Crippen LogP) is 4.07. The number of aliphatic carboxylic acids is 1. The Bertz CT molecular complexity index is 1150. The highest BCUT2D eigenvalue weighted by atomic mass is 19.4. The zero-order valence-electron chi connectivity index (χ0n) is 19.1. The smallest absolute Gasteiger partial charge is 0.475 e. The summed E-state index contributed by atoms with van der Waals surface area (Å²) in [5.41, 5.74) is 7.47. The molecule has 0 saturated carbocycles. The standard InChI is InChI=1S/C20H26N6O.C2HF3O2/c1-4-5-7-21-20(27)26-8-6-14-17(11-26)24-25-18(14)19-22-15-9-12(2)13(3)10-16(15)23-19;3-2(4,5)1(6)7/h9-10H,4-8,11H2,1-3H3,(H,21,27)(H,22,23)(H,24,25);(H,6,7). The van der Waals surface area contributed by atoms with Gasteiger partial charge in [-0.3, -0.25) is 5.10 Å². The SMILES string of the molecule is CCCCNC(=O)N1CCc2c(-c3nc4cc(C)c(C)cc4[nH]3)n[nH]c2C1.O=C(O)C(F)(F)F. The Hall–Kier alpha value is -3.57. The third kappa shape index (κ3) is 5.67. The number of aromatic nitrogens is 4. The van der Waals surface area contributed by atoms with Gasteiger partial charge in [0, 0.05) is 18.7 Å². The van der Waals surface area contributed by atoms with Crippen LogP contribution < -0.4 is 5.32 Å². The van der Waals surface area contributed by atoms with Gasteiger partial charge in [-0.15, -0.1) is 0 Å². The molecule has 0 radical (unpaired) electrons. The normalized spacial score (nSPS) is 13.3. The number of amides is 2. The minimum Gasteiger partial charge on any atom is -0.475 e. The molecular formula is C22H27F3N6O3. The van der Waals surface area contributed by atoms with Crippen molar-refractivity contribution in [3.63, 3.8) is 0 Å². The van der Waals surface area contributed by atoms with E-state index in [0.717, 1.165) is 59.6 Å². The number of benzene rings is 1. The van der Waals surface area contributed by atoms with Gasteiger partial charge in [0.25, 0.3) is 0 Å². The van der Waals surface area contributed by atoms with Crippen molar-refractivity contribution in [1.29, 1.82) is 0 Å². The summed E-state index contributed by atoms with van der Waals surface area (Å²) < 4.78 is 31.7. The van der Waals surface area contributed by atoms with E-state index in [4.69, 9.17) is 14.9 Å². The highest BCUT2D eigenvalue weighted by Gasteiger charge is 2.38. The molecule has 0 saturated heterocycles. The summed E-state index contributed by atoms with van der Waals surface area (Å²) in [6.07, 6.45) is -2.23. The number of aryl methyl sites for hydroxylation is 2. The van der Waals surface area contributed by atoms with Crippen LogP contribution in [0.5, 0.6) is 0 Å². The minimum atomic E-state index is -5.08. The van der Waals surface area contributed by atoms with E-state index in [1.807, 2.05) is 4.90 Å². The van der Waals surface area contributed by atoms with Crippen molar-refractivity contribution in [1.82, 2.24) is 30.4 Å². The van der Waals surface area contributed by atoms with Crippen LogP contribution in [0, 0.1) is 13.8 Å². The van der Waals surface area contributed by atoms with Crippen LogP contribution in [0.4, 0.5) is 18.0 Å². The van der Waals surface area contributed by atoms with Gasteiger partial charge in [-0.05, 0) is 49.9 Å². The van der Waals surface area contributed by atoms with E-state index in [-0.39, 0.29) is 6.03 Å². The van der Waals surface area contributed by atoms with Gasteiger partial charge in [0.2, 0.25) is 0 Å². The van der Waals surface area contributed by atoms with E-state index in [0.29, 0.717) is 13.1 Å². The lowest BCUT2D eigenvalue weighted by Gasteiger charge is -2.27. The summed E-state index contributed by atoms with van der Waals surface area (Å²) in [5.74, 6) is -1.97.